The SMILES string of the molecule is CCC1CCC(N(C)c2ccc(CN)c(C)c2)CC1. The molecule has 0 saturated heterocycles. The molecule has 0 spiro atoms. The molecule has 106 valence electrons. The van der Waals surface area contributed by atoms with Crippen LogP contribution >= 0.6 is 0 Å². The molecule has 2 nitrogen and oxygen atoms in total. The molecule has 1 aliphatic rings. The number of anilines is 1. The van der Waals surface area contributed by atoms with E-state index in [-0.39, 0.29) is 0 Å². The lowest BCUT2D eigenvalue weighted by Crippen LogP contribution is -2.35. The lowest BCUT2D eigenvalue weighted by molar-refractivity contribution is 0.313. The van der Waals surface area contributed by atoms with E-state index >= 15 is 0 Å². The van der Waals surface area contributed by atoms with Crippen molar-refractivity contribution in [2.75, 3.05) is 11.9 Å². The second kappa shape index (κ2) is 6.42. The molecule has 0 atom stereocenters. The van der Waals surface area contributed by atoms with Crippen LogP contribution < -0.4 is 10.6 Å². The largest absolute Gasteiger partial charge is 0.372 e. The zero-order valence-electron chi connectivity index (χ0n) is 12.7. The predicted molar refractivity (Wildman–Crippen MR) is 83.5 cm³/mol. The zero-order chi connectivity index (χ0) is 13.8. The third-order valence-corrected chi connectivity index (χ3v) is 4.89. The minimum Gasteiger partial charge on any atom is -0.372 e. The van der Waals surface area contributed by atoms with Crippen LogP contribution in [0.5, 0.6) is 0 Å². The standard InChI is InChI=1S/C17H28N2/c1-4-14-5-8-16(9-6-14)19(3)17-10-7-15(12-18)13(2)11-17/h7,10-11,14,16H,4-6,8-9,12,18H2,1-3H3. The highest BCUT2D eigenvalue weighted by Gasteiger charge is 2.23. The number of nitrogens with two attached hydrogens (primary N) is 1. The van der Waals surface area contributed by atoms with E-state index in [1.807, 2.05) is 0 Å². The van der Waals surface area contributed by atoms with Gasteiger partial charge in [-0.1, -0.05) is 19.4 Å². The molecule has 1 saturated carbocycles. The van der Waals surface area contributed by atoms with Crippen molar-refractivity contribution in [3.8, 4) is 0 Å². The van der Waals surface area contributed by atoms with E-state index in [0.717, 1.165) is 5.92 Å². The summed E-state index contributed by atoms with van der Waals surface area (Å²) in [5, 5.41) is 0. The Balaban J connectivity index is 2.03. The molecular formula is C17H28N2. The van der Waals surface area contributed by atoms with Crippen LogP contribution in [0.1, 0.15) is 50.2 Å². The van der Waals surface area contributed by atoms with Crippen LogP contribution in [0.3, 0.4) is 0 Å². The Morgan fingerprint density at radius 3 is 2.42 bits per heavy atom. The lowest BCUT2D eigenvalue weighted by Gasteiger charge is -2.36. The van der Waals surface area contributed by atoms with E-state index in [2.05, 4.69) is 44.0 Å². The molecule has 0 radical (unpaired) electrons. The molecule has 2 N–H and O–H groups in total. The van der Waals surface area contributed by atoms with Crippen molar-refractivity contribution in [2.45, 2.75) is 58.5 Å². The smallest absolute Gasteiger partial charge is 0.0368 e. The fourth-order valence-electron chi connectivity index (χ4n) is 3.28. The second-order valence-corrected chi connectivity index (χ2v) is 6.01. The fourth-order valence-corrected chi connectivity index (χ4v) is 3.28. The van der Waals surface area contributed by atoms with Gasteiger partial charge in [-0.05, 0) is 61.8 Å². The summed E-state index contributed by atoms with van der Waals surface area (Å²) in [4.78, 5) is 2.47. The van der Waals surface area contributed by atoms with E-state index in [0.29, 0.717) is 12.6 Å². The first kappa shape index (κ1) is 14.4. The van der Waals surface area contributed by atoms with Gasteiger partial charge in [-0.3, -0.25) is 0 Å². The van der Waals surface area contributed by atoms with Crippen molar-refractivity contribution >= 4 is 5.69 Å². The molecule has 1 aromatic carbocycles. The maximum Gasteiger partial charge on any atom is 0.0368 e. The van der Waals surface area contributed by atoms with Crippen LogP contribution in [0.25, 0.3) is 0 Å². The van der Waals surface area contributed by atoms with Crippen molar-refractivity contribution in [1.82, 2.24) is 0 Å². The molecule has 19 heavy (non-hydrogen) atoms. The van der Waals surface area contributed by atoms with Gasteiger partial charge in [-0.25, -0.2) is 0 Å². The highest BCUT2D eigenvalue weighted by atomic mass is 15.1. The Labute approximate surface area is 118 Å². The van der Waals surface area contributed by atoms with E-state index < -0.39 is 0 Å². The lowest BCUT2D eigenvalue weighted by atomic mass is 9.84. The van der Waals surface area contributed by atoms with Crippen molar-refractivity contribution in [1.29, 1.82) is 0 Å². The molecule has 0 aliphatic heterocycles. The Morgan fingerprint density at radius 1 is 1.21 bits per heavy atom. The topological polar surface area (TPSA) is 29.3 Å². The number of benzene rings is 1. The molecule has 2 rings (SSSR count). The minimum absolute atomic E-state index is 0.636. The highest BCUT2D eigenvalue weighted by molar-refractivity contribution is 5.51. The molecular weight excluding hydrogens is 232 g/mol. The van der Waals surface area contributed by atoms with Gasteiger partial charge in [0.2, 0.25) is 0 Å². The van der Waals surface area contributed by atoms with Gasteiger partial charge >= 0.3 is 0 Å². The van der Waals surface area contributed by atoms with E-state index in [1.54, 1.807) is 0 Å². The van der Waals surface area contributed by atoms with Crippen molar-refractivity contribution in [2.24, 2.45) is 11.7 Å². The molecule has 1 aromatic rings. The first-order valence-corrected chi connectivity index (χ1v) is 7.68. The molecule has 0 aromatic heterocycles. The Hall–Kier alpha value is -1.02. The average molecular weight is 260 g/mol. The number of hydrogen-bond acceptors (Lipinski definition) is 2. The van der Waals surface area contributed by atoms with E-state index in [1.165, 1.54) is 48.9 Å². The summed E-state index contributed by atoms with van der Waals surface area (Å²) >= 11 is 0. The highest BCUT2D eigenvalue weighted by Crippen LogP contribution is 2.31. The van der Waals surface area contributed by atoms with Gasteiger partial charge in [-0.2, -0.15) is 0 Å². The van der Waals surface area contributed by atoms with Gasteiger partial charge in [0, 0.05) is 25.3 Å². The quantitative estimate of drug-likeness (QED) is 0.890. The Kier molecular flexibility index (Phi) is 4.87. The van der Waals surface area contributed by atoms with Crippen LogP contribution in [0.2, 0.25) is 0 Å². The summed E-state index contributed by atoms with van der Waals surface area (Å²) in [5.41, 5.74) is 9.65. The Bertz CT molecular complexity index is 406. The number of hydrogen-bond donors (Lipinski definition) is 1. The summed E-state index contributed by atoms with van der Waals surface area (Å²) in [7, 11) is 2.24. The van der Waals surface area contributed by atoms with Gasteiger partial charge in [0.15, 0.2) is 0 Å². The van der Waals surface area contributed by atoms with Crippen molar-refractivity contribution < 1.29 is 0 Å². The third kappa shape index (κ3) is 3.30. The summed E-state index contributed by atoms with van der Waals surface area (Å²) in [6.07, 6.45) is 6.82. The summed E-state index contributed by atoms with van der Waals surface area (Å²) in [6, 6.07) is 7.40. The summed E-state index contributed by atoms with van der Waals surface area (Å²) < 4.78 is 0. The first-order valence-electron chi connectivity index (χ1n) is 7.68. The van der Waals surface area contributed by atoms with Gasteiger partial charge in [-0.15, -0.1) is 0 Å². The van der Waals surface area contributed by atoms with Crippen LogP contribution in [0.4, 0.5) is 5.69 Å². The van der Waals surface area contributed by atoms with E-state index in [9.17, 15) is 0 Å². The van der Waals surface area contributed by atoms with Crippen LogP contribution in [-0.4, -0.2) is 13.1 Å². The van der Waals surface area contributed by atoms with Gasteiger partial charge in [0.25, 0.3) is 0 Å². The number of rotatable bonds is 4. The maximum absolute atomic E-state index is 5.74. The second-order valence-electron chi connectivity index (χ2n) is 6.01. The summed E-state index contributed by atoms with van der Waals surface area (Å²) in [6.45, 7) is 5.12. The average Bonchev–Trinajstić information content (AvgIpc) is 2.46. The van der Waals surface area contributed by atoms with Crippen LogP contribution in [-0.2, 0) is 6.54 Å². The number of aryl methyl sites for hydroxylation is 1. The Morgan fingerprint density at radius 2 is 1.89 bits per heavy atom. The van der Waals surface area contributed by atoms with Crippen molar-refractivity contribution in [3.63, 3.8) is 0 Å². The third-order valence-electron chi connectivity index (χ3n) is 4.89. The molecule has 1 fully saturated rings. The molecule has 2 heteroatoms. The summed E-state index contributed by atoms with van der Waals surface area (Å²) in [5.74, 6) is 0.964. The molecule has 0 amide bonds. The molecule has 0 heterocycles. The fraction of sp³-hybridized carbons (Fsp3) is 0.647. The predicted octanol–water partition coefficient (Wildman–Crippen LogP) is 3.86. The zero-order valence-corrected chi connectivity index (χ0v) is 12.7. The van der Waals surface area contributed by atoms with E-state index in [4.69, 9.17) is 5.73 Å². The van der Waals surface area contributed by atoms with Crippen molar-refractivity contribution in [3.05, 3.63) is 29.3 Å². The van der Waals surface area contributed by atoms with Gasteiger partial charge < -0.3 is 10.6 Å². The van der Waals surface area contributed by atoms with Gasteiger partial charge in [0.1, 0.15) is 0 Å². The minimum atomic E-state index is 0.636. The molecule has 1 aliphatic carbocycles. The monoisotopic (exact) mass is 260 g/mol. The molecule has 0 unspecified atom stereocenters. The molecule has 0 bridgehead atoms. The van der Waals surface area contributed by atoms with Gasteiger partial charge in [0.05, 0.1) is 0 Å². The normalized spacial score (nSPS) is 23.4. The maximum atomic E-state index is 5.74. The number of nitrogens with zero attached hydrogens (tertiary/aromatic N) is 1. The van der Waals surface area contributed by atoms with Crippen LogP contribution in [0, 0.1) is 12.8 Å². The van der Waals surface area contributed by atoms with Crippen LogP contribution in [0.15, 0.2) is 18.2 Å². The first-order chi connectivity index (χ1) is 9.15.